The molecule has 0 radical (unpaired) electrons. The Balaban J connectivity index is 1.77. The first-order chi connectivity index (χ1) is 16.5. The van der Waals surface area contributed by atoms with E-state index in [1.807, 2.05) is 43.3 Å². The van der Waals surface area contributed by atoms with Crippen molar-refractivity contribution in [1.29, 1.82) is 0 Å². The van der Waals surface area contributed by atoms with Gasteiger partial charge in [-0.1, -0.05) is 42.5 Å². The molecule has 0 saturated carbocycles. The van der Waals surface area contributed by atoms with Gasteiger partial charge in [0, 0.05) is 5.56 Å². The van der Waals surface area contributed by atoms with Crippen LogP contribution in [0, 0.1) is 0 Å². The molecule has 0 unspecified atom stereocenters. The molecule has 1 aromatic heterocycles. The topological polar surface area (TPSA) is 103 Å². The summed E-state index contributed by atoms with van der Waals surface area (Å²) < 4.78 is 12.4. The first kappa shape index (κ1) is 22.7. The minimum Gasteiger partial charge on any atom is -0.490 e. The van der Waals surface area contributed by atoms with Gasteiger partial charge in [0.05, 0.1) is 23.7 Å². The Kier molecular flexibility index (Phi) is 6.68. The lowest BCUT2D eigenvalue weighted by molar-refractivity contribution is -0.144. The summed E-state index contributed by atoms with van der Waals surface area (Å²) in [6.07, 6.45) is 0.492. The highest BCUT2D eigenvalue weighted by Crippen LogP contribution is 2.29. The SMILES string of the molecule is CCOc1cc(C=Nn2c(-c3ccccc3)nc3ccccc3c2=O)ccc1O[C@@H](C)C(=O)O. The predicted octanol–water partition coefficient (Wildman–Crippen LogP) is 4.20. The zero-order valence-corrected chi connectivity index (χ0v) is 18.7. The molecule has 1 N–H and O–H groups in total. The van der Waals surface area contributed by atoms with Crippen molar-refractivity contribution in [3.63, 3.8) is 0 Å². The summed E-state index contributed by atoms with van der Waals surface area (Å²) >= 11 is 0. The van der Waals surface area contributed by atoms with Gasteiger partial charge in [-0.25, -0.2) is 9.78 Å². The molecule has 1 heterocycles. The van der Waals surface area contributed by atoms with Crippen molar-refractivity contribution >= 4 is 23.1 Å². The second kappa shape index (κ2) is 9.99. The van der Waals surface area contributed by atoms with Crippen LogP contribution >= 0.6 is 0 Å². The van der Waals surface area contributed by atoms with E-state index in [0.29, 0.717) is 40.4 Å². The summed E-state index contributed by atoms with van der Waals surface area (Å²) in [5.74, 6) is 0.0285. The highest BCUT2D eigenvalue weighted by molar-refractivity contribution is 5.83. The number of hydrogen-bond acceptors (Lipinski definition) is 6. The van der Waals surface area contributed by atoms with Gasteiger partial charge in [0.1, 0.15) is 0 Å². The third-order valence-corrected chi connectivity index (χ3v) is 5.03. The van der Waals surface area contributed by atoms with E-state index in [4.69, 9.17) is 14.6 Å². The third kappa shape index (κ3) is 4.80. The molecule has 4 aromatic rings. The Bertz CT molecular complexity index is 1410. The maximum absolute atomic E-state index is 13.3. The van der Waals surface area contributed by atoms with E-state index in [1.165, 1.54) is 17.8 Å². The summed E-state index contributed by atoms with van der Waals surface area (Å²) in [7, 11) is 0. The number of carbonyl (C=O) groups is 1. The number of para-hydroxylation sites is 1. The molecule has 0 aliphatic heterocycles. The quantitative estimate of drug-likeness (QED) is 0.398. The van der Waals surface area contributed by atoms with Gasteiger partial charge < -0.3 is 14.6 Å². The van der Waals surface area contributed by atoms with E-state index in [1.54, 1.807) is 36.4 Å². The number of benzene rings is 3. The molecule has 0 bridgehead atoms. The molecule has 3 aromatic carbocycles. The van der Waals surface area contributed by atoms with Crippen LogP contribution in [0.2, 0.25) is 0 Å². The molecule has 8 nitrogen and oxygen atoms in total. The van der Waals surface area contributed by atoms with Crippen LogP contribution in [0.25, 0.3) is 22.3 Å². The standard InChI is InChI=1S/C26H23N3O5/c1-3-33-23-15-18(13-14-22(23)34-17(2)26(31)32)16-27-29-24(19-9-5-4-6-10-19)28-21-12-8-7-11-20(21)25(29)30/h4-17H,3H2,1-2H3,(H,31,32)/t17-/m0/s1. The number of aliphatic carboxylic acids is 1. The number of nitrogens with zero attached hydrogens (tertiary/aromatic N) is 3. The van der Waals surface area contributed by atoms with E-state index >= 15 is 0 Å². The van der Waals surface area contributed by atoms with Crippen LogP contribution in [0.15, 0.2) is 82.7 Å². The summed E-state index contributed by atoms with van der Waals surface area (Å²) in [5, 5.41) is 14.0. The average Bonchev–Trinajstić information content (AvgIpc) is 2.85. The molecule has 34 heavy (non-hydrogen) atoms. The fourth-order valence-corrected chi connectivity index (χ4v) is 3.34. The fraction of sp³-hybridized carbons (Fsp3) is 0.154. The summed E-state index contributed by atoms with van der Waals surface area (Å²) in [5.41, 5.74) is 1.69. The number of carboxylic acids is 1. The van der Waals surface area contributed by atoms with Crippen molar-refractivity contribution in [3.8, 4) is 22.9 Å². The molecule has 4 rings (SSSR count). The zero-order valence-electron chi connectivity index (χ0n) is 18.7. The van der Waals surface area contributed by atoms with Crippen LogP contribution in [-0.2, 0) is 4.79 Å². The van der Waals surface area contributed by atoms with E-state index in [9.17, 15) is 9.59 Å². The van der Waals surface area contributed by atoms with Gasteiger partial charge in [-0.15, -0.1) is 0 Å². The van der Waals surface area contributed by atoms with E-state index < -0.39 is 12.1 Å². The number of hydrogen-bond donors (Lipinski definition) is 1. The average molecular weight is 457 g/mol. The molecule has 8 heteroatoms. The van der Waals surface area contributed by atoms with Crippen molar-refractivity contribution in [3.05, 3.63) is 88.7 Å². The van der Waals surface area contributed by atoms with Crippen LogP contribution < -0.4 is 15.0 Å². The Morgan fingerprint density at radius 3 is 2.56 bits per heavy atom. The minimum atomic E-state index is -1.08. The van der Waals surface area contributed by atoms with Gasteiger partial charge in [-0.2, -0.15) is 9.78 Å². The number of rotatable bonds is 8. The zero-order chi connectivity index (χ0) is 24.1. The van der Waals surface area contributed by atoms with Crippen LogP contribution in [0.5, 0.6) is 11.5 Å². The van der Waals surface area contributed by atoms with Crippen molar-refractivity contribution in [2.75, 3.05) is 6.61 Å². The molecule has 172 valence electrons. The maximum atomic E-state index is 13.3. The van der Waals surface area contributed by atoms with Gasteiger partial charge in [0.25, 0.3) is 5.56 Å². The lowest BCUT2D eigenvalue weighted by Crippen LogP contribution is -2.23. The minimum absolute atomic E-state index is 0.291. The lowest BCUT2D eigenvalue weighted by Gasteiger charge is -2.15. The van der Waals surface area contributed by atoms with Crippen molar-refractivity contribution in [2.45, 2.75) is 20.0 Å². The van der Waals surface area contributed by atoms with Gasteiger partial charge >= 0.3 is 5.97 Å². The number of ether oxygens (including phenoxy) is 2. The van der Waals surface area contributed by atoms with Gasteiger partial charge in [-0.05, 0) is 49.7 Å². The second-order valence-corrected chi connectivity index (χ2v) is 7.42. The summed E-state index contributed by atoms with van der Waals surface area (Å²) in [6.45, 7) is 3.62. The summed E-state index contributed by atoms with van der Waals surface area (Å²) in [6, 6.07) is 21.5. The largest absolute Gasteiger partial charge is 0.490 e. The molecule has 0 fully saturated rings. The Hall–Kier alpha value is -4.46. The first-order valence-corrected chi connectivity index (χ1v) is 10.8. The smallest absolute Gasteiger partial charge is 0.344 e. The maximum Gasteiger partial charge on any atom is 0.344 e. The van der Waals surface area contributed by atoms with E-state index in [0.717, 1.165) is 5.56 Å². The summed E-state index contributed by atoms with van der Waals surface area (Å²) in [4.78, 5) is 29.1. The fourth-order valence-electron chi connectivity index (χ4n) is 3.34. The lowest BCUT2D eigenvalue weighted by atomic mass is 10.2. The van der Waals surface area contributed by atoms with Crippen molar-refractivity contribution in [2.24, 2.45) is 5.10 Å². The van der Waals surface area contributed by atoms with Gasteiger partial charge in [0.2, 0.25) is 0 Å². The van der Waals surface area contributed by atoms with Crippen LogP contribution in [0.4, 0.5) is 0 Å². The molecule has 0 spiro atoms. The van der Waals surface area contributed by atoms with E-state index in [2.05, 4.69) is 10.1 Å². The van der Waals surface area contributed by atoms with Crippen LogP contribution in [0.3, 0.4) is 0 Å². The number of carboxylic acid groups (broad SMARTS) is 1. The van der Waals surface area contributed by atoms with Crippen molar-refractivity contribution in [1.82, 2.24) is 9.66 Å². The predicted molar refractivity (Wildman–Crippen MR) is 130 cm³/mol. The monoisotopic (exact) mass is 457 g/mol. The molecular formula is C26H23N3O5. The molecule has 0 saturated heterocycles. The molecule has 0 aliphatic rings. The third-order valence-electron chi connectivity index (χ3n) is 5.03. The Labute approximate surface area is 195 Å². The van der Waals surface area contributed by atoms with Crippen LogP contribution in [0.1, 0.15) is 19.4 Å². The first-order valence-electron chi connectivity index (χ1n) is 10.8. The molecular weight excluding hydrogens is 434 g/mol. The second-order valence-electron chi connectivity index (χ2n) is 7.42. The molecule has 0 aliphatic carbocycles. The highest BCUT2D eigenvalue weighted by atomic mass is 16.5. The highest BCUT2D eigenvalue weighted by Gasteiger charge is 2.16. The normalized spacial score (nSPS) is 12.1. The van der Waals surface area contributed by atoms with Crippen LogP contribution in [-0.4, -0.2) is 39.7 Å². The number of fused-ring (bicyclic) bond motifs is 1. The number of aromatic nitrogens is 2. The van der Waals surface area contributed by atoms with E-state index in [-0.39, 0.29) is 5.56 Å². The van der Waals surface area contributed by atoms with Crippen molar-refractivity contribution < 1.29 is 19.4 Å². The Morgan fingerprint density at radius 2 is 1.82 bits per heavy atom. The molecule has 0 amide bonds. The molecule has 1 atom stereocenters. The van der Waals surface area contributed by atoms with Gasteiger partial charge in [0.15, 0.2) is 23.4 Å². The Morgan fingerprint density at radius 1 is 1.09 bits per heavy atom. The van der Waals surface area contributed by atoms with Gasteiger partial charge in [-0.3, -0.25) is 4.79 Å².